The minimum absolute atomic E-state index is 0.0740. The summed E-state index contributed by atoms with van der Waals surface area (Å²) in [6.07, 6.45) is 3.26. The van der Waals surface area contributed by atoms with Crippen LogP contribution in [0.3, 0.4) is 0 Å². The first kappa shape index (κ1) is 40.9. The Labute approximate surface area is 327 Å². The van der Waals surface area contributed by atoms with Gasteiger partial charge in [0.1, 0.15) is 17.7 Å². The van der Waals surface area contributed by atoms with Crippen LogP contribution in [0.5, 0.6) is 0 Å². The smallest absolute Gasteiger partial charge is 0.408 e. The number of aromatic nitrogens is 2. The summed E-state index contributed by atoms with van der Waals surface area (Å²) < 4.78 is 11.0. The average Bonchev–Trinajstić information content (AvgIpc) is 3.65. The van der Waals surface area contributed by atoms with E-state index in [9.17, 15) is 19.2 Å². The van der Waals surface area contributed by atoms with Gasteiger partial charge >= 0.3 is 6.09 Å². The molecule has 0 saturated carbocycles. The molecule has 0 saturated heterocycles. The average molecular weight is 759 g/mol. The first-order valence-corrected chi connectivity index (χ1v) is 18.6. The molecule has 0 bridgehead atoms. The van der Waals surface area contributed by atoms with Crippen LogP contribution in [0, 0.1) is 0 Å². The minimum Gasteiger partial charge on any atom is -0.444 e. The Balaban J connectivity index is 1.37. The molecule has 2 atom stereocenters. The van der Waals surface area contributed by atoms with E-state index in [0.29, 0.717) is 12.8 Å². The van der Waals surface area contributed by atoms with Crippen molar-refractivity contribution in [2.75, 3.05) is 7.05 Å². The maximum Gasteiger partial charge on any atom is 0.408 e. The number of hydrogen-bond donors (Lipinski definition) is 3. The second-order valence-corrected chi connectivity index (χ2v) is 15.3. The van der Waals surface area contributed by atoms with E-state index in [-0.39, 0.29) is 24.7 Å². The predicted octanol–water partition coefficient (Wildman–Crippen LogP) is 6.87. The van der Waals surface area contributed by atoms with Crippen LogP contribution in [0.25, 0.3) is 10.8 Å². The highest BCUT2D eigenvalue weighted by Crippen LogP contribution is 2.25. The molecular weight excluding hydrogens is 709 g/mol. The highest BCUT2D eigenvalue weighted by molar-refractivity contribution is 5.93. The number of rotatable bonds is 15. The Hall–Kier alpha value is -6.30. The monoisotopic (exact) mass is 758 g/mol. The van der Waals surface area contributed by atoms with Gasteiger partial charge in [-0.25, -0.2) is 4.79 Å². The van der Waals surface area contributed by atoms with E-state index in [1.807, 2.05) is 117 Å². The number of fused-ring (bicyclic) bond motifs is 1. The molecule has 4 aromatic carbocycles. The molecule has 0 fully saturated rings. The van der Waals surface area contributed by atoms with E-state index in [4.69, 9.17) is 9.26 Å². The lowest BCUT2D eigenvalue weighted by Crippen LogP contribution is -2.49. The second-order valence-electron chi connectivity index (χ2n) is 15.3. The van der Waals surface area contributed by atoms with Crippen molar-refractivity contribution in [2.45, 2.75) is 83.6 Å². The van der Waals surface area contributed by atoms with Crippen LogP contribution in [0.1, 0.15) is 80.3 Å². The molecule has 1 aromatic heterocycles. The van der Waals surface area contributed by atoms with Gasteiger partial charge in [-0.15, -0.1) is 0 Å². The number of carbonyl (C=O) groups excluding carboxylic acids is 4. The van der Waals surface area contributed by atoms with Gasteiger partial charge in [0.25, 0.3) is 11.7 Å². The van der Waals surface area contributed by atoms with Crippen molar-refractivity contribution in [3.8, 4) is 0 Å². The highest BCUT2D eigenvalue weighted by Gasteiger charge is 2.33. The maximum atomic E-state index is 14.6. The number of nitrogens with one attached hydrogen (secondary N) is 3. The minimum atomic E-state index is -0.999. The number of alkyl carbamates (subject to hydrolysis) is 1. The van der Waals surface area contributed by atoms with Crippen molar-refractivity contribution in [1.29, 1.82) is 0 Å². The molecule has 0 aliphatic heterocycles. The summed E-state index contributed by atoms with van der Waals surface area (Å²) in [7, 11) is 1.62. The van der Waals surface area contributed by atoms with Gasteiger partial charge < -0.3 is 30.1 Å². The lowest BCUT2D eigenvalue weighted by molar-refractivity contribution is -0.137. The standard InChI is InChI=1S/C44H50N6O6/c1-43(2,3)55-42(54)48-44(4,5)25-15-22-37(51)46-35(27-32-23-24-33-20-13-14-21-34(33)26-32)41(53)50(6)36(28-30-16-9-7-10-17-30)40-47-38(49-56-40)39(52)45-29-31-18-11-8-12-19-31/h7-24,26,35-36H,25,27-29H2,1-6H3,(H,45,52)(H,46,51)(H,48,54)/b22-15+. The number of carbonyl (C=O) groups is 4. The van der Waals surface area contributed by atoms with E-state index >= 15 is 0 Å². The SMILES string of the molecule is CN(C(=O)C(Cc1ccc2ccccc2c1)NC(=O)/C=C/CC(C)(C)NC(=O)OC(C)(C)C)C(Cc1ccccc1)c1nc(C(=O)NCc2ccccc2)no1. The number of ether oxygens (including phenoxy) is 1. The Morgan fingerprint density at radius 1 is 0.804 bits per heavy atom. The predicted molar refractivity (Wildman–Crippen MR) is 214 cm³/mol. The molecule has 1 heterocycles. The second kappa shape index (κ2) is 18.4. The molecule has 0 aliphatic carbocycles. The fraction of sp³-hybridized carbons (Fsp3) is 0.318. The Morgan fingerprint density at radius 2 is 1.45 bits per heavy atom. The molecule has 292 valence electrons. The van der Waals surface area contributed by atoms with Gasteiger partial charge in [-0.05, 0) is 74.6 Å². The van der Waals surface area contributed by atoms with Crippen molar-refractivity contribution in [1.82, 2.24) is 31.0 Å². The molecule has 2 unspecified atom stereocenters. The summed E-state index contributed by atoms with van der Waals surface area (Å²) in [5.74, 6) is -1.49. The van der Waals surface area contributed by atoms with Crippen LogP contribution in [-0.2, 0) is 33.7 Å². The van der Waals surface area contributed by atoms with Crippen molar-refractivity contribution >= 4 is 34.6 Å². The molecule has 4 amide bonds. The molecule has 56 heavy (non-hydrogen) atoms. The molecule has 5 aromatic rings. The van der Waals surface area contributed by atoms with Crippen LogP contribution >= 0.6 is 0 Å². The number of likely N-dealkylation sites (N-methyl/N-ethyl adjacent to an activating group) is 1. The zero-order valence-electron chi connectivity index (χ0n) is 32.7. The van der Waals surface area contributed by atoms with Crippen LogP contribution < -0.4 is 16.0 Å². The zero-order chi connectivity index (χ0) is 40.3. The van der Waals surface area contributed by atoms with Crippen molar-refractivity contribution < 1.29 is 28.4 Å². The molecule has 12 heteroatoms. The molecule has 0 radical (unpaired) electrons. The number of benzene rings is 4. The normalized spacial score (nSPS) is 12.8. The fourth-order valence-electron chi connectivity index (χ4n) is 6.06. The van der Waals surface area contributed by atoms with Crippen molar-refractivity contribution in [2.24, 2.45) is 0 Å². The lowest BCUT2D eigenvalue weighted by atomic mass is 9.99. The van der Waals surface area contributed by atoms with Crippen LogP contribution in [-0.4, -0.2) is 63.1 Å². The third kappa shape index (κ3) is 12.1. The molecular formula is C44H50N6O6. The van der Waals surface area contributed by atoms with E-state index < -0.39 is 47.0 Å². The largest absolute Gasteiger partial charge is 0.444 e. The van der Waals surface area contributed by atoms with Crippen LogP contribution in [0.4, 0.5) is 4.79 Å². The van der Waals surface area contributed by atoms with E-state index in [1.54, 1.807) is 33.9 Å². The number of hydrogen-bond acceptors (Lipinski definition) is 8. The molecule has 12 nitrogen and oxygen atoms in total. The van der Waals surface area contributed by atoms with Gasteiger partial charge in [-0.1, -0.05) is 114 Å². The van der Waals surface area contributed by atoms with E-state index in [0.717, 1.165) is 27.5 Å². The van der Waals surface area contributed by atoms with Crippen molar-refractivity contribution in [3.63, 3.8) is 0 Å². The topological polar surface area (TPSA) is 156 Å². The zero-order valence-corrected chi connectivity index (χ0v) is 32.7. The summed E-state index contributed by atoms with van der Waals surface area (Å²) in [5.41, 5.74) is 1.28. The Bertz CT molecular complexity index is 2140. The Morgan fingerprint density at radius 3 is 2.12 bits per heavy atom. The third-order valence-corrected chi connectivity index (χ3v) is 8.92. The highest BCUT2D eigenvalue weighted by atomic mass is 16.6. The molecule has 0 aliphatic rings. The summed E-state index contributed by atoms with van der Waals surface area (Å²) in [6.45, 7) is 9.27. The van der Waals surface area contributed by atoms with Crippen LogP contribution in [0.15, 0.2) is 120 Å². The molecule has 3 N–H and O–H groups in total. The Kier molecular flexibility index (Phi) is 13.4. The van der Waals surface area contributed by atoms with Gasteiger partial charge in [0.15, 0.2) is 0 Å². The van der Waals surface area contributed by atoms with Gasteiger partial charge in [0, 0.05) is 32.0 Å². The first-order valence-electron chi connectivity index (χ1n) is 18.6. The van der Waals surface area contributed by atoms with Crippen molar-refractivity contribution in [3.05, 3.63) is 144 Å². The number of nitrogens with zero attached hydrogens (tertiary/aromatic N) is 3. The van der Waals surface area contributed by atoms with Gasteiger partial charge in [0.2, 0.25) is 17.7 Å². The lowest BCUT2D eigenvalue weighted by Gasteiger charge is -2.30. The first-order chi connectivity index (χ1) is 26.7. The van der Waals surface area contributed by atoms with Gasteiger partial charge in [-0.2, -0.15) is 4.98 Å². The van der Waals surface area contributed by atoms with Gasteiger partial charge in [-0.3, -0.25) is 14.4 Å². The maximum absolute atomic E-state index is 14.6. The summed E-state index contributed by atoms with van der Waals surface area (Å²) in [6, 6.07) is 31.0. The third-order valence-electron chi connectivity index (χ3n) is 8.92. The van der Waals surface area contributed by atoms with E-state index in [1.165, 1.54) is 11.0 Å². The van der Waals surface area contributed by atoms with Crippen LogP contribution in [0.2, 0.25) is 0 Å². The van der Waals surface area contributed by atoms with E-state index in [2.05, 4.69) is 26.1 Å². The summed E-state index contributed by atoms with van der Waals surface area (Å²) >= 11 is 0. The molecule has 0 spiro atoms. The summed E-state index contributed by atoms with van der Waals surface area (Å²) in [5, 5.41) is 14.6. The fourth-order valence-corrected chi connectivity index (χ4v) is 6.06. The quantitative estimate of drug-likeness (QED) is 0.0978. The summed E-state index contributed by atoms with van der Waals surface area (Å²) in [4.78, 5) is 59.4. The number of amides is 4. The van der Waals surface area contributed by atoms with Gasteiger partial charge in [0.05, 0.1) is 0 Å². The molecule has 5 rings (SSSR count).